The first-order valence-electron chi connectivity index (χ1n) is 8.74. The lowest BCUT2D eigenvalue weighted by atomic mass is 9.97. The third kappa shape index (κ3) is 4.65. The fourth-order valence-electron chi connectivity index (χ4n) is 2.89. The summed E-state index contributed by atoms with van der Waals surface area (Å²) >= 11 is 0. The van der Waals surface area contributed by atoms with Crippen LogP contribution in [0.3, 0.4) is 0 Å². The fraction of sp³-hybridized carbons (Fsp3) is 0.136. The molecule has 0 saturated carbocycles. The number of aliphatic hydroxyl groups is 1. The predicted molar refractivity (Wildman–Crippen MR) is 108 cm³/mol. The lowest BCUT2D eigenvalue weighted by Crippen LogP contribution is -2.29. The third-order valence-electron chi connectivity index (χ3n) is 4.45. The Labute approximate surface area is 164 Å². The van der Waals surface area contributed by atoms with E-state index in [4.69, 9.17) is 0 Å². The lowest BCUT2D eigenvalue weighted by Gasteiger charge is -2.20. The summed E-state index contributed by atoms with van der Waals surface area (Å²) < 4.78 is 23.4. The Morgan fingerprint density at radius 1 is 0.893 bits per heavy atom. The van der Waals surface area contributed by atoms with Crippen molar-refractivity contribution in [2.24, 2.45) is 0 Å². The number of aliphatic hydroxyl groups excluding tert-OH is 1. The Bertz CT molecular complexity index is 1040. The van der Waals surface area contributed by atoms with Crippen molar-refractivity contribution in [3.05, 3.63) is 101 Å². The number of amides is 1. The predicted octanol–water partition coefficient (Wildman–Crippen LogP) is 3.10. The van der Waals surface area contributed by atoms with Gasteiger partial charge in [-0.2, -0.15) is 0 Å². The highest BCUT2D eigenvalue weighted by Gasteiger charge is 2.19. The van der Waals surface area contributed by atoms with Gasteiger partial charge in [0.15, 0.2) is 9.84 Å². The number of hydrogen-bond acceptors (Lipinski definition) is 4. The summed E-state index contributed by atoms with van der Waals surface area (Å²) in [6, 6.07) is 22.2. The van der Waals surface area contributed by atoms with Crippen LogP contribution in [0, 0.1) is 0 Å². The maximum absolute atomic E-state index is 12.7. The molecule has 6 heteroatoms. The molecule has 0 spiro atoms. The van der Waals surface area contributed by atoms with Crippen LogP contribution in [0.15, 0.2) is 83.8 Å². The van der Waals surface area contributed by atoms with Gasteiger partial charge >= 0.3 is 0 Å². The van der Waals surface area contributed by atoms with Gasteiger partial charge in [0.2, 0.25) is 0 Å². The average molecular weight is 395 g/mol. The number of hydrogen-bond donors (Lipinski definition) is 2. The van der Waals surface area contributed by atoms with Crippen molar-refractivity contribution in [1.82, 2.24) is 5.32 Å². The summed E-state index contributed by atoms with van der Waals surface area (Å²) in [5.74, 6) is -0.232. The molecule has 3 aromatic carbocycles. The van der Waals surface area contributed by atoms with Crippen molar-refractivity contribution in [1.29, 1.82) is 0 Å². The molecule has 3 rings (SSSR count). The summed E-state index contributed by atoms with van der Waals surface area (Å²) in [4.78, 5) is 12.9. The molecule has 0 saturated heterocycles. The summed E-state index contributed by atoms with van der Waals surface area (Å²) in [5.41, 5.74) is 2.89. The molecule has 0 radical (unpaired) electrons. The topological polar surface area (TPSA) is 83.5 Å². The molecule has 28 heavy (non-hydrogen) atoms. The number of carbonyl (C=O) groups excluding carboxylic acids is 1. The van der Waals surface area contributed by atoms with E-state index < -0.39 is 15.9 Å². The molecule has 3 aromatic rings. The van der Waals surface area contributed by atoms with Crippen LogP contribution < -0.4 is 5.32 Å². The molecule has 1 unspecified atom stereocenters. The van der Waals surface area contributed by atoms with Gasteiger partial charge in [0.1, 0.15) is 0 Å². The van der Waals surface area contributed by atoms with Gasteiger partial charge < -0.3 is 10.4 Å². The van der Waals surface area contributed by atoms with Gasteiger partial charge in [0.05, 0.1) is 17.5 Å². The molecule has 0 aromatic heterocycles. The highest BCUT2D eigenvalue weighted by Crippen LogP contribution is 2.24. The van der Waals surface area contributed by atoms with E-state index in [1.54, 1.807) is 48.5 Å². The number of carbonyl (C=O) groups is 1. The Morgan fingerprint density at radius 3 is 1.93 bits per heavy atom. The van der Waals surface area contributed by atoms with E-state index in [9.17, 15) is 18.3 Å². The Morgan fingerprint density at radius 2 is 1.43 bits per heavy atom. The first-order valence-corrected chi connectivity index (χ1v) is 10.6. The highest BCUT2D eigenvalue weighted by molar-refractivity contribution is 7.90. The second kappa shape index (κ2) is 8.37. The second-order valence-electron chi connectivity index (χ2n) is 6.51. The first-order chi connectivity index (χ1) is 13.4. The molecular formula is C22H21NO4S. The van der Waals surface area contributed by atoms with Crippen molar-refractivity contribution in [3.8, 4) is 0 Å². The van der Waals surface area contributed by atoms with E-state index in [-0.39, 0.29) is 17.4 Å². The molecule has 2 N–H and O–H groups in total. The smallest absolute Gasteiger partial charge is 0.252 e. The van der Waals surface area contributed by atoms with Crippen LogP contribution in [0.25, 0.3) is 0 Å². The largest absolute Gasteiger partial charge is 0.392 e. The molecule has 0 aliphatic heterocycles. The Hall–Kier alpha value is -2.96. The maximum Gasteiger partial charge on any atom is 0.252 e. The normalized spacial score (nSPS) is 12.4. The quantitative estimate of drug-likeness (QED) is 0.672. The van der Waals surface area contributed by atoms with Crippen molar-refractivity contribution in [2.75, 3.05) is 6.26 Å². The molecule has 5 nitrogen and oxygen atoms in total. The molecule has 0 aliphatic rings. The average Bonchev–Trinajstić information content (AvgIpc) is 2.72. The minimum atomic E-state index is -3.30. The van der Waals surface area contributed by atoms with Crippen LogP contribution in [0.4, 0.5) is 0 Å². The molecular weight excluding hydrogens is 374 g/mol. The van der Waals surface area contributed by atoms with Crippen LogP contribution in [0.1, 0.15) is 33.1 Å². The SMILES string of the molecule is CS(=O)(=O)c1ccc(C(NC(=O)c2ccccc2)c2ccc(CO)cc2)cc1. The third-order valence-corrected chi connectivity index (χ3v) is 5.58. The summed E-state index contributed by atoms with van der Waals surface area (Å²) in [6.07, 6.45) is 1.16. The van der Waals surface area contributed by atoms with Crippen LogP contribution in [-0.4, -0.2) is 25.7 Å². The van der Waals surface area contributed by atoms with Gasteiger partial charge in [0, 0.05) is 11.8 Å². The highest BCUT2D eigenvalue weighted by atomic mass is 32.2. The Balaban J connectivity index is 1.97. The van der Waals surface area contributed by atoms with E-state index in [0.717, 1.165) is 22.9 Å². The summed E-state index contributed by atoms with van der Waals surface area (Å²) in [7, 11) is -3.30. The van der Waals surface area contributed by atoms with Gasteiger partial charge in [-0.15, -0.1) is 0 Å². The van der Waals surface area contributed by atoms with E-state index in [2.05, 4.69) is 5.32 Å². The van der Waals surface area contributed by atoms with Gasteiger partial charge in [0.25, 0.3) is 5.91 Å². The van der Waals surface area contributed by atoms with Crippen molar-refractivity contribution >= 4 is 15.7 Å². The monoisotopic (exact) mass is 395 g/mol. The zero-order valence-corrected chi connectivity index (χ0v) is 16.2. The van der Waals surface area contributed by atoms with E-state index in [1.165, 1.54) is 12.1 Å². The van der Waals surface area contributed by atoms with Crippen LogP contribution in [0.5, 0.6) is 0 Å². The first kappa shape index (κ1) is 19.8. The van der Waals surface area contributed by atoms with Crippen molar-refractivity contribution in [2.45, 2.75) is 17.5 Å². The fourth-order valence-corrected chi connectivity index (χ4v) is 3.52. The second-order valence-corrected chi connectivity index (χ2v) is 8.53. The van der Waals surface area contributed by atoms with Crippen molar-refractivity contribution in [3.63, 3.8) is 0 Å². The summed E-state index contributed by atoms with van der Waals surface area (Å²) in [5, 5.41) is 12.3. The Kier molecular flexibility index (Phi) is 5.92. The summed E-state index contributed by atoms with van der Waals surface area (Å²) in [6.45, 7) is -0.0651. The maximum atomic E-state index is 12.7. The van der Waals surface area contributed by atoms with Crippen molar-refractivity contribution < 1.29 is 18.3 Å². The van der Waals surface area contributed by atoms with Crippen LogP contribution in [-0.2, 0) is 16.4 Å². The van der Waals surface area contributed by atoms with Gasteiger partial charge in [-0.1, -0.05) is 54.6 Å². The molecule has 0 heterocycles. The lowest BCUT2D eigenvalue weighted by molar-refractivity contribution is 0.0943. The zero-order chi connectivity index (χ0) is 20.1. The van der Waals surface area contributed by atoms with E-state index >= 15 is 0 Å². The van der Waals surface area contributed by atoms with Gasteiger partial charge in [-0.25, -0.2) is 8.42 Å². The van der Waals surface area contributed by atoms with E-state index in [1.807, 2.05) is 18.2 Å². The molecule has 0 aliphatic carbocycles. The van der Waals surface area contributed by atoms with Crippen LogP contribution >= 0.6 is 0 Å². The van der Waals surface area contributed by atoms with Gasteiger partial charge in [-0.3, -0.25) is 4.79 Å². The molecule has 1 atom stereocenters. The zero-order valence-electron chi connectivity index (χ0n) is 15.4. The minimum absolute atomic E-state index is 0.0651. The van der Waals surface area contributed by atoms with Gasteiger partial charge in [-0.05, 0) is 41.0 Å². The number of rotatable bonds is 6. The molecule has 0 fully saturated rings. The number of benzene rings is 3. The molecule has 1 amide bonds. The van der Waals surface area contributed by atoms with Crippen LogP contribution in [0.2, 0.25) is 0 Å². The number of nitrogens with one attached hydrogen (secondary N) is 1. The van der Waals surface area contributed by atoms with E-state index in [0.29, 0.717) is 5.56 Å². The molecule has 144 valence electrons. The standard InChI is InChI=1S/C22H21NO4S/c1-28(26,27)20-13-11-18(12-14-20)21(17-9-7-16(15-24)8-10-17)23-22(25)19-5-3-2-4-6-19/h2-14,21,24H,15H2,1H3,(H,23,25). The number of sulfone groups is 1. The minimum Gasteiger partial charge on any atom is -0.392 e. The molecule has 0 bridgehead atoms.